The lowest BCUT2D eigenvalue weighted by atomic mass is 10.1. The largest absolute Gasteiger partial charge is 0.416 e. The van der Waals surface area contributed by atoms with Crippen molar-refractivity contribution in [1.82, 2.24) is 3.96 Å². The minimum Gasteiger partial charge on any atom is -0.345 e. The van der Waals surface area contributed by atoms with Crippen LogP contribution in [0.25, 0.3) is 0 Å². The van der Waals surface area contributed by atoms with Crippen LogP contribution in [-0.2, 0) is 19.4 Å². The molecule has 0 spiro atoms. The third-order valence-corrected chi connectivity index (χ3v) is 3.84. The normalized spacial score (nSPS) is 12.1. The molecule has 0 bridgehead atoms. The molecule has 1 N–H and O–H groups in total. The van der Waals surface area contributed by atoms with Crippen molar-refractivity contribution in [3.8, 4) is 6.07 Å². The van der Waals surface area contributed by atoms with E-state index in [1.54, 1.807) is 6.07 Å². The molecule has 1 heterocycles. The van der Waals surface area contributed by atoms with Crippen LogP contribution in [0.4, 0.5) is 37.0 Å². The van der Waals surface area contributed by atoms with Gasteiger partial charge in [0, 0.05) is 12.7 Å². The first-order valence-electron chi connectivity index (χ1n) is 6.10. The van der Waals surface area contributed by atoms with Crippen LogP contribution in [-0.4, -0.2) is 3.96 Å². The van der Waals surface area contributed by atoms with Crippen LogP contribution in [0.2, 0.25) is 0 Å². The van der Waals surface area contributed by atoms with Gasteiger partial charge in [0.25, 0.3) is 5.56 Å². The molecule has 1 aromatic heterocycles. The van der Waals surface area contributed by atoms with Gasteiger partial charge in [-0.15, -0.1) is 0 Å². The predicted octanol–water partition coefficient (Wildman–Crippen LogP) is 4.10. The molecule has 128 valence electrons. The van der Waals surface area contributed by atoms with E-state index in [0.717, 1.165) is 3.96 Å². The first kappa shape index (κ1) is 17.9. The SMILES string of the molecule is Cn1sc(Nc2cc(C(F)(F)F)cc(C(F)(F)F)c2)c(C#N)c1=O. The van der Waals surface area contributed by atoms with Crippen molar-refractivity contribution in [2.24, 2.45) is 7.05 Å². The van der Waals surface area contributed by atoms with Crippen molar-refractivity contribution >= 4 is 22.2 Å². The van der Waals surface area contributed by atoms with Crippen molar-refractivity contribution in [3.63, 3.8) is 0 Å². The van der Waals surface area contributed by atoms with Gasteiger partial charge in [0.05, 0.1) is 11.1 Å². The molecule has 11 heteroatoms. The van der Waals surface area contributed by atoms with E-state index in [4.69, 9.17) is 5.26 Å². The fraction of sp³-hybridized carbons (Fsp3) is 0.231. The quantitative estimate of drug-likeness (QED) is 0.813. The summed E-state index contributed by atoms with van der Waals surface area (Å²) in [5.41, 5.74) is -4.62. The number of nitrogens with zero attached hydrogens (tertiary/aromatic N) is 2. The summed E-state index contributed by atoms with van der Waals surface area (Å²) in [4.78, 5) is 11.6. The van der Waals surface area contributed by atoms with Crippen LogP contribution in [0.3, 0.4) is 0 Å². The molecule has 2 rings (SSSR count). The van der Waals surface area contributed by atoms with Crippen LogP contribution < -0.4 is 10.9 Å². The molecule has 0 amide bonds. The summed E-state index contributed by atoms with van der Waals surface area (Å²) in [6.07, 6.45) is -9.97. The van der Waals surface area contributed by atoms with Crippen LogP contribution in [0.15, 0.2) is 23.0 Å². The van der Waals surface area contributed by atoms with Crippen molar-refractivity contribution < 1.29 is 26.3 Å². The summed E-state index contributed by atoms with van der Waals surface area (Å²) in [5.74, 6) is 0. The number of hydrogen-bond acceptors (Lipinski definition) is 4. The average Bonchev–Trinajstić information content (AvgIpc) is 2.71. The van der Waals surface area contributed by atoms with Gasteiger partial charge in [0.15, 0.2) is 5.56 Å². The second-order valence-corrected chi connectivity index (χ2v) is 5.77. The maximum Gasteiger partial charge on any atom is 0.416 e. The fourth-order valence-electron chi connectivity index (χ4n) is 1.82. The maximum absolute atomic E-state index is 12.8. The Hall–Kier alpha value is -2.48. The van der Waals surface area contributed by atoms with Crippen molar-refractivity contribution in [1.29, 1.82) is 5.26 Å². The Morgan fingerprint density at radius 1 is 1.08 bits per heavy atom. The molecule has 0 aliphatic heterocycles. The molecule has 0 saturated carbocycles. The topological polar surface area (TPSA) is 57.8 Å². The van der Waals surface area contributed by atoms with Gasteiger partial charge in [-0.25, -0.2) is 0 Å². The van der Waals surface area contributed by atoms with Crippen LogP contribution >= 0.6 is 11.5 Å². The van der Waals surface area contributed by atoms with Gasteiger partial charge in [-0.2, -0.15) is 31.6 Å². The average molecular weight is 367 g/mol. The van der Waals surface area contributed by atoms with Gasteiger partial charge in [0.1, 0.15) is 11.1 Å². The molecular weight excluding hydrogens is 360 g/mol. The molecule has 24 heavy (non-hydrogen) atoms. The van der Waals surface area contributed by atoms with E-state index in [1.165, 1.54) is 7.05 Å². The molecule has 0 aliphatic rings. The Morgan fingerprint density at radius 3 is 2.00 bits per heavy atom. The number of benzene rings is 1. The Morgan fingerprint density at radius 2 is 1.58 bits per heavy atom. The van der Waals surface area contributed by atoms with E-state index >= 15 is 0 Å². The molecule has 4 nitrogen and oxygen atoms in total. The van der Waals surface area contributed by atoms with E-state index in [2.05, 4.69) is 5.32 Å². The minimum absolute atomic E-state index is 0.0101. The number of rotatable bonds is 2. The van der Waals surface area contributed by atoms with Gasteiger partial charge in [-0.1, -0.05) is 0 Å². The highest BCUT2D eigenvalue weighted by Crippen LogP contribution is 2.38. The zero-order valence-electron chi connectivity index (χ0n) is 11.7. The Labute approximate surface area is 134 Å². The first-order valence-corrected chi connectivity index (χ1v) is 6.87. The molecule has 0 aliphatic carbocycles. The van der Waals surface area contributed by atoms with Crippen LogP contribution in [0.5, 0.6) is 0 Å². The van der Waals surface area contributed by atoms with Crippen LogP contribution in [0.1, 0.15) is 16.7 Å². The number of anilines is 2. The van der Waals surface area contributed by atoms with E-state index in [9.17, 15) is 31.1 Å². The van der Waals surface area contributed by atoms with Crippen molar-refractivity contribution in [2.75, 3.05) is 5.32 Å². The summed E-state index contributed by atoms with van der Waals surface area (Å²) < 4.78 is 77.8. The predicted molar refractivity (Wildman–Crippen MR) is 74.0 cm³/mol. The molecule has 0 saturated heterocycles. The summed E-state index contributed by atoms with van der Waals surface area (Å²) in [6.45, 7) is 0. The number of nitriles is 1. The summed E-state index contributed by atoms with van der Waals surface area (Å²) in [7, 11) is 1.31. The van der Waals surface area contributed by atoms with Crippen molar-refractivity contribution in [2.45, 2.75) is 12.4 Å². The first-order chi connectivity index (χ1) is 10.9. The molecule has 0 fully saturated rings. The second-order valence-electron chi connectivity index (χ2n) is 4.63. The highest BCUT2D eigenvalue weighted by molar-refractivity contribution is 7.11. The molecule has 0 radical (unpaired) electrons. The van der Waals surface area contributed by atoms with E-state index in [-0.39, 0.29) is 11.1 Å². The summed E-state index contributed by atoms with van der Waals surface area (Å²) in [6, 6.07) is 2.50. The highest BCUT2D eigenvalue weighted by Gasteiger charge is 2.37. The molecule has 2 aromatic rings. The van der Waals surface area contributed by atoms with Crippen molar-refractivity contribution in [3.05, 3.63) is 45.2 Å². The summed E-state index contributed by atoms with van der Waals surface area (Å²) >= 11 is 0.695. The zero-order valence-corrected chi connectivity index (χ0v) is 12.5. The number of aryl methyl sites for hydroxylation is 1. The number of alkyl halides is 6. The number of hydrogen-bond donors (Lipinski definition) is 1. The van der Waals surface area contributed by atoms with E-state index in [1.807, 2.05) is 0 Å². The zero-order chi connectivity index (χ0) is 18.3. The Balaban J connectivity index is 2.57. The summed E-state index contributed by atoms with van der Waals surface area (Å²) in [5, 5.41) is 11.0. The smallest absolute Gasteiger partial charge is 0.345 e. The van der Waals surface area contributed by atoms with Crippen LogP contribution in [0, 0.1) is 11.3 Å². The van der Waals surface area contributed by atoms with E-state index in [0.29, 0.717) is 23.7 Å². The van der Waals surface area contributed by atoms with Gasteiger partial charge in [0.2, 0.25) is 0 Å². The lowest BCUT2D eigenvalue weighted by Crippen LogP contribution is -2.12. The minimum atomic E-state index is -4.99. The lowest BCUT2D eigenvalue weighted by Gasteiger charge is -2.14. The number of aromatic nitrogens is 1. The maximum atomic E-state index is 12.8. The Kier molecular flexibility index (Phi) is 4.36. The molecule has 0 atom stereocenters. The third kappa shape index (κ3) is 3.53. The number of nitrogens with one attached hydrogen (secondary N) is 1. The monoisotopic (exact) mass is 367 g/mol. The lowest BCUT2D eigenvalue weighted by molar-refractivity contribution is -0.143. The standard InChI is InChI=1S/C13H7F6N3OS/c1-22-11(23)9(5-20)10(24-22)21-8-3-6(12(14,15)16)2-7(4-8)13(17,18)19/h2-4,21H,1H3. The van der Waals surface area contributed by atoms with Gasteiger partial charge in [-0.3, -0.25) is 8.75 Å². The third-order valence-electron chi connectivity index (χ3n) is 2.91. The second kappa shape index (κ2) is 5.86. The van der Waals surface area contributed by atoms with E-state index < -0.39 is 40.3 Å². The van der Waals surface area contributed by atoms with Gasteiger partial charge < -0.3 is 5.32 Å². The van der Waals surface area contributed by atoms with Gasteiger partial charge in [-0.05, 0) is 29.7 Å². The fourth-order valence-corrected chi connectivity index (χ4v) is 2.66. The van der Waals surface area contributed by atoms with Gasteiger partial charge >= 0.3 is 12.4 Å². The molecular formula is C13H7F6N3OS. The Bertz CT molecular complexity index is 840. The number of halogens is 6. The molecule has 1 aromatic carbocycles. The molecule has 0 unspecified atom stereocenters. The highest BCUT2D eigenvalue weighted by atomic mass is 32.1.